The molecule has 1 aromatic carbocycles. The SMILES string of the molecule is Cc1cnn(-c2ccc(-n3ncc4c(=O)n(CC5(O)CC[N-]CC5)cnc43)cc2)c1. The number of piperidine rings is 1. The smallest absolute Gasteiger partial charge is 0.264 e. The molecule has 3 aromatic heterocycles. The molecule has 1 fully saturated rings. The number of fused-ring (bicyclic) bond motifs is 1. The maximum absolute atomic E-state index is 13.0. The topological polar surface area (TPSA) is 105 Å². The summed E-state index contributed by atoms with van der Waals surface area (Å²) in [5.74, 6) is 0. The number of aryl methyl sites for hydroxylation is 1. The number of aromatic nitrogens is 6. The van der Waals surface area contributed by atoms with Gasteiger partial charge in [0.2, 0.25) is 0 Å². The summed E-state index contributed by atoms with van der Waals surface area (Å²) in [7, 11) is 0. The van der Waals surface area contributed by atoms with Crippen molar-refractivity contribution in [2.75, 3.05) is 13.1 Å². The molecule has 0 unspecified atom stereocenters. The Balaban J connectivity index is 1.46. The molecule has 30 heavy (non-hydrogen) atoms. The summed E-state index contributed by atoms with van der Waals surface area (Å²) < 4.78 is 4.93. The highest BCUT2D eigenvalue weighted by atomic mass is 16.3. The predicted molar refractivity (Wildman–Crippen MR) is 112 cm³/mol. The lowest BCUT2D eigenvalue weighted by atomic mass is 9.92. The Bertz CT molecular complexity index is 1250. The van der Waals surface area contributed by atoms with E-state index in [1.165, 1.54) is 17.1 Å². The fourth-order valence-electron chi connectivity index (χ4n) is 3.84. The maximum Gasteiger partial charge on any atom is 0.264 e. The summed E-state index contributed by atoms with van der Waals surface area (Å²) in [4.78, 5) is 17.4. The second-order valence-corrected chi connectivity index (χ2v) is 7.85. The lowest BCUT2D eigenvalue weighted by Gasteiger charge is -2.39. The molecule has 0 radical (unpaired) electrons. The third-order valence-electron chi connectivity index (χ3n) is 5.56. The molecule has 0 aliphatic carbocycles. The van der Waals surface area contributed by atoms with Crippen LogP contribution in [0.1, 0.15) is 18.4 Å². The van der Waals surface area contributed by atoms with E-state index >= 15 is 0 Å². The van der Waals surface area contributed by atoms with E-state index in [1.54, 1.807) is 9.36 Å². The molecule has 0 bridgehead atoms. The summed E-state index contributed by atoms with van der Waals surface area (Å²) in [6.07, 6.45) is 7.90. The van der Waals surface area contributed by atoms with Gasteiger partial charge in [-0.1, -0.05) is 0 Å². The van der Waals surface area contributed by atoms with Crippen LogP contribution in [0.15, 0.2) is 54.0 Å². The molecule has 5 rings (SSSR count). The first-order chi connectivity index (χ1) is 14.5. The first-order valence-corrected chi connectivity index (χ1v) is 9.93. The molecule has 4 aromatic rings. The normalized spacial score (nSPS) is 16.2. The highest BCUT2D eigenvalue weighted by molar-refractivity contribution is 5.75. The second-order valence-electron chi connectivity index (χ2n) is 7.85. The molecular weight excluding hydrogens is 382 g/mol. The summed E-state index contributed by atoms with van der Waals surface area (Å²) in [5.41, 5.74) is 2.19. The van der Waals surface area contributed by atoms with Gasteiger partial charge >= 0.3 is 0 Å². The second kappa shape index (κ2) is 7.19. The number of hydrogen-bond donors (Lipinski definition) is 1. The van der Waals surface area contributed by atoms with E-state index < -0.39 is 5.60 Å². The van der Waals surface area contributed by atoms with Crippen molar-refractivity contribution in [3.8, 4) is 11.4 Å². The largest absolute Gasteiger partial charge is 0.662 e. The van der Waals surface area contributed by atoms with Gasteiger partial charge in [-0.2, -0.15) is 10.2 Å². The lowest BCUT2D eigenvalue weighted by Crippen LogP contribution is -2.41. The minimum absolute atomic E-state index is 0.203. The average molecular weight is 404 g/mol. The molecular formula is C21H22N7O2-. The van der Waals surface area contributed by atoms with E-state index in [4.69, 9.17) is 0 Å². The van der Waals surface area contributed by atoms with Crippen molar-refractivity contribution >= 4 is 11.0 Å². The highest BCUT2D eigenvalue weighted by Crippen LogP contribution is 2.24. The molecule has 9 nitrogen and oxygen atoms in total. The van der Waals surface area contributed by atoms with Gasteiger partial charge in [-0.05, 0) is 49.6 Å². The van der Waals surface area contributed by atoms with Gasteiger partial charge in [0.25, 0.3) is 5.56 Å². The van der Waals surface area contributed by atoms with Crippen molar-refractivity contribution < 1.29 is 5.11 Å². The number of aliphatic hydroxyl groups is 1. The Labute approximate surface area is 172 Å². The van der Waals surface area contributed by atoms with Gasteiger partial charge < -0.3 is 10.4 Å². The van der Waals surface area contributed by atoms with Crippen LogP contribution in [0.2, 0.25) is 0 Å². The summed E-state index contributed by atoms with van der Waals surface area (Å²) in [6, 6.07) is 7.72. The maximum atomic E-state index is 13.0. The Kier molecular flexibility index (Phi) is 4.48. The Morgan fingerprint density at radius 2 is 1.83 bits per heavy atom. The van der Waals surface area contributed by atoms with Gasteiger partial charge in [0.05, 0.1) is 35.9 Å². The fraction of sp³-hybridized carbons (Fsp3) is 0.333. The number of hydrogen-bond acceptors (Lipinski definition) is 5. The Morgan fingerprint density at radius 1 is 1.10 bits per heavy atom. The summed E-state index contributed by atoms with van der Waals surface area (Å²) in [5, 5.41) is 24.1. The van der Waals surface area contributed by atoms with Gasteiger partial charge in [0, 0.05) is 6.20 Å². The van der Waals surface area contributed by atoms with Crippen LogP contribution in [-0.2, 0) is 6.54 Å². The van der Waals surface area contributed by atoms with Gasteiger partial charge in [-0.3, -0.25) is 9.36 Å². The van der Waals surface area contributed by atoms with Gasteiger partial charge in [0.1, 0.15) is 11.7 Å². The van der Waals surface area contributed by atoms with Crippen LogP contribution in [0.3, 0.4) is 0 Å². The standard InChI is InChI=1S/C21H22N7O2/c1-15-10-24-27(12-15)16-2-4-17(5-3-16)28-19-18(11-25-28)20(29)26(14-23-19)13-21(30)6-8-22-9-7-21/h2-5,10-12,14,30H,6-9,13H2,1H3/q-1. The fourth-order valence-corrected chi connectivity index (χ4v) is 3.84. The van der Waals surface area contributed by atoms with Crippen molar-refractivity contribution in [3.63, 3.8) is 0 Å². The summed E-state index contributed by atoms with van der Waals surface area (Å²) >= 11 is 0. The van der Waals surface area contributed by atoms with Crippen LogP contribution < -0.4 is 5.56 Å². The van der Waals surface area contributed by atoms with Crippen LogP contribution in [0.25, 0.3) is 27.7 Å². The van der Waals surface area contributed by atoms with Crippen LogP contribution in [0.4, 0.5) is 0 Å². The quantitative estimate of drug-likeness (QED) is 0.560. The zero-order valence-corrected chi connectivity index (χ0v) is 16.6. The molecule has 1 aliphatic rings. The minimum Gasteiger partial charge on any atom is -0.662 e. The number of nitrogens with zero attached hydrogens (tertiary/aromatic N) is 7. The van der Waals surface area contributed by atoms with Crippen molar-refractivity contribution in [2.45, 2.75) is 31.9 Å². The predicted octanol–water partition coefficient (Wildman–Crippen LogP) is 1.97. The van der Waals surface area contributed by atoms with E-state index in [0.717, 1.165) is 16.9 Å². The van der Waals surface area contributed by atoms with Crippen LogP contribution in [0, 0.1) is 6.92 Å². The molecule has 0 amide bonds. The number of rotatable bonds is 4. The molecule has 4 heterocycles. The van der Waals surface area contributed by atoms with E-state index in [0.29, 0.717) is 37.0 Å². The van der Waals surface area contributed by atoms with Crippen molar-refractivity contribution in [3.05, 3.63) is 70.4 Å². The molecule has 1 saturated heterocycles. The Hall–Kier alpha value is -3.30. The van der Waals surface area contributed by atoms with Gasteiger partial charge in [0.15, 0.2) is 5.65 Å². The van der Waals surface area contributed by atoms with Gasteiger partial charge in [-0.15, -0.1) is 13.1 Å². The Morgan fingerprint density at radius 3 is 2.53 bits per heavy atom. The minimum atomic E-state index is -0.919. The lowest BCUT2D eigenvalue weighted by molar-refractivity contribution is 0.00531. The highest BCUT2D eigenvalue weighted by Gasteiger charge is 2.27. The van der Waals surface area contributed by atoms with Crippen molar-refractivity contribution in [2.24, 2.45) is 0 Å². The van der Waals surface area contributed by atoms with E-state index in [1.807, 2.05) is 43.6 Å². The third-order valence-corrected chi connectivity index (χ3v) is 5.56. The average Bonchev–Trinajstić information content (AvgIpc) is 3.37. The zero-order valence-electron chi connectivity index (χ0n) is 16.6. The first kappa shape index (κ1) is 18.7. The van der Waals surface area contributed by atoms with Crippen LogP contribution in [0.5, 0.6) is 0 Å². The van der Waals surface area contributed by atoms with E-state index in [2.05, 4.69) is 20.5 Å². The molecule has 0 saturated carbocycles. The molecule has 1 aliphatic heterocycles. The zero-order chi connectivity index (χ0) is 20.7. The van der Waals surface area contributed by atoms with Gasteiger partial charge in [-0.25, -0.2) is 14.3 Å². The summed E-state index contributed by atoms with van der Waals surface area (Å²) in [6.45, 7) is 3.45. The monoisotopic (exact) mass is 404 g/mol. The van der Waals surface area contributed by atoms with E-state index in [9.17, 15) is 9.90 Å². The molecule has 0 spiro atoms. The first-order valence-electron chi connectivity index (χ1n) is 9.93. The van der Waals surface area contributed by atoms with Crippen molar-refractivity contribution in [1.82, 2.24) is 29.1 Å². The molecule has 9 heteroatoms. The van der Waals surface area contributed by atoms with Crippen LogP contribution >= 0.6 is 0 Å². The van der Waals surface area contributed by atoms with Crippen molar-refractivity contribution in [1.29, 1.82) is 0 Å². The molecule has 0 atom stereocenters. The van der Waals surface area contributed by atoms with E-state index in [-0.39, 0.29) is 12.1 Å². The van der Waals surface area contributed by atoms with Crippen LogP contribution in [-0.4, -0.2) is 52.9 Å². The molecule has 1 N–H and O–H groups in total. The third kappa shape index (κ3) is 3.31. The molecule has 154 valence electrons. The number of benzene rings is 1.